The first-order valence-electron chi connectivity index (χ1n) is 4.93. The SMILES string of the molecule is COCC1(C(F)(F)F)CCN(CCN)C1. The summed E-state index contributed by atoms with van der Waals surface area (Å²) in [7, 11) is 1.30. The molecule has 1 fully saturated rings. The highest BCUT2D eigenvalue weighted by Crippen LogP contribution is 2.45. The highest BCUT2D eigenvalue weighted by atomic mass is 19.4. The Morgan fingerprint density at radius 1 is 1.47 bits per heavy atom. The summed E-state index contributed by atoms with van der Waals surface area (Å²) < 4.78 is 43.3. The molecule has 1 atom stereocenters. The summed E-state index contributed by atoms with van der Waals surface area (Å²) in [5.74, 6) is 0. The molecule has 0 aromatic carbocycles. The first-order valence-corrected chi connectivity index (χ1v) is 4.93. The Bertz CT molecular complexity index is 210. The molecule has 0 bridgehead atoms. The zero-order valence-corrected chi connectivity index (χ0v) is 8.81. The van der Waals surface area contributed by atoms with Crippen molar-refractivity contribution in [3.63, 3.8) is 0 Å². The lowest BCUT2D eigenvalue weighted by Gasteiger charge is -2.31. The number of alkyl halides is 3. The number of nitrogens with zero attached hydrogens (tertiary/aromatic N) is 1. The second-order valence-electron chi connectivity index (χ2n) is 4.03. The van der Waals surface area contributed by atoms with E-state index in [2.05, 4.69) is 0 Å². The van der Waals surface area contributed by atoms with E-state index in [1.165, 1.54) is 7.11 Å². The highest BCUT2D eigenvalue weighted by Gasteiger charge is 2.57. The van der Waals surface area contributed by atoms with Gasteiger partial charge in [-0.3, -0.25) is 0 Å². The number of rotatable bonds is 4. The first kappa shape index (κ1) is 12.7. The number of hydrogen-bond donors (Lipinski definition) is 1. The fraction of sp³-hybridized carbons (Fsp3) is 1.00. The second-order valence-corrected chi connectivity index (χ2v) is 4.03. The summed E-state index contributed by atoms with van der Waals surface area (Å²) in [4.78, 5) is 1.74. The van der Waals surface area contributed by atoms with E-state index in [0.717, 1.165) is 0 Å². The van der Waals surface area contributed by atoms with E-state index in [0.29, 0.717) is 19.6 Å². The minimum Gasteiger partial charge on any atom is -0.384 e. The smallest absolute Gasteiger partial charge is 0.384 e. The van der Waals surface area contributed by atoms with Gasteiger partial charge in [0, 0.05) is 26.7 Å². The van der Waals surface area contributed by atoms with Crippen molar-refractivity contribution < 1.29 is 17.9 Å². The second kappa shape index (κ2) is 4.67. The molecule has 0 saturated carbocycles. The third kappa shape index (κ3) is 2.62. The molecule has 0 aromatic rings. The summed E-state index contributed by atoms with van der Waals surface area (Å²) in [6.45, 7) is 1.08. The molecule has 2 N–H and O–H groups in total. The Labute approximate surface area is 87.4 Å². The van der Waals surface area contributed by atoms with E-state index >= 15 is 0 Å². The van der Waals surface area contributed by atoms with Crippen molar-refractivity contribution >= 4 is 0 Å². The van der Waals surface area contributed by atoms with Crippen LogP contribution in [-0.4, -0.2) is 51.0 Å². The van der Waals surface area contributed by atoms with Gasteiger partial charge in [-0.05, 0) is 13.0 Å². The van der Waals surface area contributed by atoms with Crippen LogP contribution in [0.3, 0.4) is 0 Å². The van der Waals surface area contributed by atoms with Crippen LogP contribution in [0.2, 0.25) is 0 Å². The zero-order chi connectivity index (χ0) is 11.5. The van der Waals surface area contributed by atoms with Crippen molar-refractivity contribution in [1.82, 2.24) is 4.90 Å². The summed E-state index contributed by atoms with van der Waals surface area (Å²) in [6.07, 6.45) is -4.10. The van der Waals surface area contributed by atoms with Crippen molar-refractivity contribution in [2.45, 2.75) is 12.6 Å². The lowest BCUT2D eigenvalue weighted by molar-refractivity contribution is -0.233. The lowest BCUT2D eigenvalue weighted by atomic mass is 9.87. The van der Waals surface area contributed by atoms with Gasteiger partial charge in [0.25, 0.3) is 0 Å². The Hall–Kier alpha value is -0.330. The average Bonchev–Trinajstić information content (AvgIpc) is 2.50. The number of likely N-dealkylation sites (tertiary alicyclic amines) is 1. The molecule has 1 heterocycles. The molecular weight excluding hydrogens is 209 g/mol. The van der Waals surface area contributed by atoms with Gasteiger partial charge in [0.05, 0.1) is 6.61 Å². The molecule has 3 nitrogen and oxygen atoms in total. The van der Waals surface area contributed by atoms with Crippen LogP contribution < -0.4 is 5.73 Å². The van der Waals surface area contributed by atoms with Crippen LogP contribution in [0.4, 0.5) is 13.2 Å². The minimum atomic E-state index is -4.20. The third-order valence-electron chi connectivity index (χ3n) is 2.90. The number of ether oxygens (including phenoxy) is 1. The molecule has 15 heavy (non-hydrogen) atoms. The molecule has 0 amide bonds. The topological polar surface area (TPSA) is 38.5 Å². The normalized spacial score (nSPS) is 28.6. The van der Waals surface area contributed by atoms with E-state index in [1.807, 2.05) is 0 Å². The van der Waals surface area contributed by atoms with Gasteiger partial charge in [0.1, 0.15) is 5.41 Å². The summed E-state index contributed by atoms with van der Waals surface area (Å²) in [5.41, 5.74) is 3.63. The molecule has 0 aromatic heterocycles. The molecule has 0 aliphatic carbocycles. The van der Waals surface area contributed by atoms with Crippen molar-refractivity contribution in [1.29, 1.82) is 0 Å². The van der Waals surface area contributed by atoms with E-state index in [-0.39, 0.29) is 19.6 Å². The molecule has 6 heteroatoms. The Kier molecular flexibility index (Phi) is 3.97. The van der Waals surface area contributed by atoms with Crippen molar-refractivity contribution in [3.05, 3.63) is 0 Å². The van der Waals surface area contributed by atoms with Crippen LogP contribution in [0, 0.1) is 5.41 Å². The van der Waals surface area contributed by atoms with E-state index in [9.17, 15) is 13.2 Å². The maximum absolute atomic E-state index is 12.9. The molecule has 0 radical (unpaired) electrons. The summed E-state index contributed by atoms with van der Waals surface area (Å²) in [5, 5.41) is 0. The van der Waals surface area contributed by atoms with Gasteiger partial charge in [0.2, 0.25) is 0 Å². The van der Waals surface area contributed by atoms with E-state index < -0.39 is 11.6 Å². The van der Waals surface area contributed by atoms with E-state index in [4.69, 9.17) is 10.5 Å². The van der Waals surface area contributed by atoms with Gasteiger partial charge in [-0.15, -0.1) is 0 Å². The largest absolute Gasteiger partial charge is 0.397 e. The summed E-state index contributed by atoms with van der Waals surface area (Å²) in [6, 6.07) is 0. The molecule has 1 unspecified atom stereocenters. The number of nitrogens with two attached hydrogens (primary N) is 1. The first-order chi connectivity index (χ1) is 6.95. The van der Waals surface area contributed by atoms with E-state index in [1.54, 1.807) is 4.90 Å². The van der Waals surface area contributed by atoms with Gasteiger partial charge in [-0.2, -0.15) is 13.2 Å². The highest BCUT2D eigenvalue weighted by molar-refractivity contribution is 4.95. The van der Waals surface area contributed by atoms with Gasteiger partial charge in [-0.25, -0.2) is 0 Å². The lowest BCUT2D eigenvalue weighted by Crippen LogP contribution is -2.44. The van der Waals surface area contributed by atoms with Crippen molar-refractivity contribution in [2.24, 2.45) is 11.1 Å². The maximum atomic E-state index is 12.9. The minimum absolute atomic E-state index is 0.00153. The number of hydrogen-bond acceptors (Lipinski definition) is 3. The molecule has 1 aliphatic rings. The monoisotopic (exact) mass is 226 g/mol. The molecule has 1 saturated heterocycles. The standard InChI is InChI=1S/C9H17F3N2O/c1-15-7-8(9(10,11)12)2-4-14(6-8)5-3-13/h2-7,13H2,1H3. The van der Waals surface area contributed by atoms with Crippen LogP contribution in [0.15, 0.2) is 0 Å². The molecule has 1 rings (SSSR count). The number of methoxy groups -OCH3 is 1. The Morgan fingerprint density at radius 2 is 2.13 bits per heavy atom. The quantitative estimate of drug-likeness (QED) is 0.772. The number of halogens is 3. The Balaban J connectivity index is 2.69. The van der Waals surface area contributed by atoms with Gasteiger partial charge in [-0.1, -0.05) is 0 Å². The average molecular weight is 226 g/mol. The molecular formula is C9H17F3N2O. The molecule has 90 valence electrons. The third-order valence-corrected chi connectivity index (χ3v) is 2.90. The molecule has 1 aliphatic heterocycles. The predicted octanol–water partition coefficient (Wildman–Crippen LogP) is 0.846. The van der Waals surface area contributed by atoms with Gasteiger partial charge >= 0.3 is 6.18 Å². The van der Waals surface area contributed by atoms with Crippen LogP contribution in [0.25, 0.3) is 0 Å². The fourth-order valence-electron chi connectivity index (χ4n) is 2.04. The summed E-state index contributed by atoms with van der Waals surface area (Å²) >= 11 is 0. The zero-order valence-electron chi connectivity index (χ0n) is 8.81. The van der Waals surface area contributed by atoms with Crippen molar-refractivity contribution in [3.8, 4) is 0 Å². The van der Waals surface area contributed by atoms with Crippen LogP contribution in [-0.2, 0) is 4.74 Å². The van der Waals surface area contributed by atoms with Gasteiger partial charge < -0.3 is 15.4 Å². The van der Waals surface area contributed by atoms with Crippen LogP contribution in [0.5, 0.6) is 0 Å². The van der Waals surface area contributed by atoms with Gasteiger partial charge in [0.15, 0.2) is 0 Å². The van der Waals surface area contributed by atoms with Crippen LogP contribution >= 0.6 is 0 Å². The molecule has 0 spiro atoms. The van der Waals surface area contributed by atoms with Crippen LogP contribution in [0.1, 0.15) is 6.42 Å². The van der Waals surface area contributed by atoms with Crippen molar-refractivity contribution in [2.75, 3.05) is 39.9 Å². The Morgan fingerprint density at radius 3 is 2.60 bits per heavy atom. The fourth-order valence-corrected chi connectivity index (χ4v) is 2.04. The predicted molar refractivity (Wildman–Crippen MR) is 50.5 cm³/mol. The maximum Gasteiger partial charge on any atom is 0.397 e.